The second kappa shape index (κ2) is 6.93. The van der Waals surface area contributed by atoms with Crippen molar-refractivity contribution in [1.82, 2.24) is 10.2 Å². The van der Waals surface area contributed by atoms with E-state index < -0.39 is 11.4 Å². The molecular formula is C21H29FN2O2. The molecular weight excluding hydrogens is 331 g/mol. The molecule has 1 saturated heterocycles. The number of piperidine rings is 1. The van der Waals surface area contributed by atoms with Gasteiger partial charge in [-0.3, -0.25) is 4.79 Å². The quantitative estimate of drug-likeness (QED) is 0.748. The lowest BCUT2D eigenvalue weighted by Gasteiger charge is -2.43. The van der Waals surface area contributed by atoms with Gasteiger partial charge in [-0.05, 0) is 81.1 Å². The Morgan fingerprint density at radius 1 is 1.15 bits per heavy atom. The zero-order chi connectivity index (χ0) is 18.2. The lowest BCUT2D eigenvalue weighted by molar-refractivity contribution is -0.144. The topological polar surface area (TPSA) is 52.6 Å². The molecule has 2 N–H and O–H groups in total. The van der Waals surface area contributed by atoms with Crippen molar-refractivity contribution in [3.8, 4) is 0 Å². The van der Waals surface area contributed by atoms with Gasteiger partial charge < -0.3 is 15.3 Å². The Balaban J connectivity index is 1.39. The van der Waals surface area contributed by atoms with Crippen molar-refractivity contribution in [2.45, 2.75) is 51.0 Å². The molecule has 142 valence electrons. The molecule has 1 aromatic carbocycles. The molecule has 0 unspecified atom stereocenters. The molecule has 0 atom stereocenters. The normalized spacial score (nSPS) is 24.3. The number of halogens is 1. The Hall–Kier alpha value is -1.46. The Morgan fingerprint density at radius 2 is 1.81 bits per heavy atom. The Morgan fingerprint density at radius 3 is 2.35 bits per heavy atom. The van der Waals surface area contributed by atoms with Crippen LogP contribution in [0.25, 0.3) is 0 Å². The van der Waals surface area contributed by atoms with E-state index in [1.165, 1.54) is 18.4 Å². The summed E-state index contributed by atoms with van der Waals surface area (Å²) in [5.41, 5.74) is 0.918. The van der Waals surface area contributed by atoms with E-state index in [9.17, 15) is 14.3 Å². The van der Waals surface area contributed by atoms with Crippen molar-refractivity contribution >= 4 is 5.97 Å². The summed E-state index contributed by atoms with van der Waals surface area (Å²) in [6.45, 7) is 3.63. The van der Waals surface area contributed by atoms with Crippen LogP contribution in [0.3, 0.4) is 0 Å². The summed E-state index contributed by atoms with van der Waals surface area (Å²) in [5, 5.41) is 13.1. The Labute approximate surface area is 154 Å². The number of aliphatic carboxylic acids is 1. The average molecular weight is 360 g/mol. The van der Waals surface area contributed by atoms with Crippen molar-refractivity contribution in [1.29, 1.82) is 0 Å². The van der Waals surface area contributed by atoms with E-state index in [-0.39, 0.29) is 11.2 Å². The van der Waals surface area contributed by atoms with Gasteiger partial charge in [0.05, 0.1) is 5.41 Å². The fraction of sp³-hybridized carbons (Fsp3) is 0.667. The molecule has 0 radical (unpaired) electrons. The number of likely N-dealkylation sites (tertiary alicyclic amines) is 1. The van der Waals surface area contributed by atoms with Crippen LogP contribution in [0.15, 0.2) is 24.3 Å². The molecule has 0 amide bonds. The van der Waals surface area contributed by atoms with Crippen LogP contribution in [0, 0.1) is 16.6 Å². The molecule has 0 bridgehead atoms. The Bertz CT molecular complexity index is 644. The third kappa shape index (κ3) is 4.09. The first-order chi connectivity index (χ1) is 12.5. The maximum absolute atomic E-state index is 13.2. The standard InChI is InChI=1S/C21H29FN2O2/c22-17-3-1-16(2-4-17)13-20(14-23-18-5-6-18)9-11-24(12-10-20)15-21(7-8-21)19(25)26/h1-4,18,23H,5-15H2,(H,25,26). The highest BCUT2D eigenvalue weighted by atomic mass is 19.1. The van der Waals surface area contributed by atoms with Gasteiger partial charge in [-0.25, -0.2) is 4.39 Å². The first-order valence-corrected chi connectivity index (χ1v) is 9.92. The van der Waals surface area contributed by atoms with E-state index in [1.807, 2.05) is 12.1 Å². The molecule has 2 aliphatic carbocycles. The molecule has 1 aliphatic heterocycles. The second-order valence-corrected chi connectivity index (χ2v) is 8.82. The van der Waals surface area contributed by atoms with E-state index in [2.05, 4.69) is 10.2 Å². The van der Waals surface area contributed by atoms with Gasteiger partial charge in [0.25, 0.3) is 0 Å². The minimum absolute atomic E-state index is 0.183. The number of carbonyl (C=O) groups is 1. The van der Waals surface area contributed by atoms with Crippen LogP contribution >= 0.6 is 0 Å². The van der Waals surface area contributed by atoms with Gasteiger partial charge in [-0.15, -0.1) is 0 Å². The molecule has 2 saturated carbocycles. The molecule has 1 aromatic rings. The zero-order valence-corrected chi connectivity index (χ0v) is 15.3. The number of carboxylic acids is 1. The van der Waals surface area contributed by atoms with Crippen LogP contribution in [-0.4, -0.2) is 48.2 Å². The highest BCUT2D eigenvalue weighted by Gasteiger charge is 2.51. The van der Waals surface area contributed by atoms with Crippen LogP contribution < -0.4 is 5.32 Å². The fourth-order valence-electron chi connectivity index (χ4n) is 4.30. The summed E-state index contributed by atoms with van der Waals surface area (Å²) >= 11 is 0. The summed E-state index contributed by atoms with van der Waals surface area (Å²) in [7, 11) is 0. The molecule has 26 heavy (non-hydrogen) atoms. The van der Waals surface area contributed by atoms with E-state index in [0.29, 0.717) is 12.6 Å². The van der Waals surface area contributed by atoms with Gasteiger partial charge in [0.1, 0.15) is 5.82 Å². The minimum Gasteiger partial charge on any atom is -0.481 e. The maximum Gasteiger partial charge on any atom is 0.310 e. The number of nitrogens with one attached hydrogen (secondary N) is 1. The van der Waals surface area contributed by atoms with Crippen molar-refractivity contribution < 1.29 is 14.3 Å². The number of carboxylic acid groups (broad SMARTS) is 1. The maximum atomic E-state index is 13.2. The van der Waals surface area contributed by atoms with Crippen molar-refractivity contribution in [3.05, 3.63) is 35.6 Å². The van der Waals surface area contributed by atoms with Crippen LogP contribution in [0.4, 0.5) is 4.39 Å². The molecule has 3 fully saturated rings. The average Bonchev–Trinajstić information content (AvgIpc) is 3.53. The highest BCUT2D eigenvalue weighted by molar-refractivity contribution is 5.78. The molecule has 1 heterocycles. The number of hydrogen-bond donors (Lipinski definition) is 2. The molecule has 3 aliphatic rings. The summed E-state index contributed by atoms with van der Waals surface area (Å²) in [6.07, 6.45) is 7.30. The van der Waals surface area contributed by atoms with Crippen LogP contribution in [-0.2, 0) is 11.2 Å². The van der Waals surface area contributed by atoms with E-state index in [0.717, 1.165) is 51.7 Å². The third-order valence-electron chi connectivity index (χ3n) is 6.59. The molecule has 4 rings (SSSR count). The molecule has 5 heteroatoms. The number of nitrogens with zero attached hydrogens (tertiary/aromatic N) is 1. The Kier molecular flexibility index (Phi) is 4.78. The van der Waals surface area contributed by atoms with Gasteiger partial charge in [0.15, 0.2) is 0 Å². The third-order valence-corrected chi connectivity index (χ3v) is 6.59. The fourth-order valence-corrected chi connectivity index (χ4v) is 4.30. The zero-order valence-electron chi connectivity index (χ0n) is 15.3. The molecule has 4 nitrogen and oxygen atoms in total. The second-order valence-electron chi connectivity index (χ2n) is 8.82. The summed E-state index contributed by atoms with van der Waals surface area (Å²) < 4.78 is 13.2. The largest absolute Gasteiger partial charge is 0.481 e. The van der Waals surface area contributed by atoms with Gasteiger partial charge in [0, 0.05) is 19.1 Å². The van der Waals surface area contributed by atoms with Crippen LogP contribution in [0.1, 0.15) is 44.1 Å². The summed E-state index contributed by atoms with van der Waals surface area (Å²) in [6, 6.07) is 7.60. The predicted molar refractivity (Wildman–Crippen MR) is 98.5 cm³/mol. The minimum atomic E-state index is -0.629. The smallest absolute Gasteiger partial charge is 0.310 e. The van der Waals surface area contributed by atoms with E-state index in [1.54, 1.807) is 12.1 Å². The summed E-state index contributed by atoms with van der Waals surface area (Å²) in [4.78, 5) is 13.8. The first kappa shape index (κ1) is 17.9. The molecule has 0 spiro atoms. The summed E-state index contributed by atoms with van der Waals surface area (Å²) in [5.74, 6) is -0.812. The van der Waals surface area contributed by atoms with Gasteiger partial charge in [-0.1, -0.05) is 12.1 Å². The monoisotopic (exact) mass is 360 g/mol. The number of hydrogen-bond acceptors (Lipinski definition) is 3. The lowest BCUT2D eigenvalue weighted by Crippen LogP contribution is -2.48. The van der Waals surface area contributed by atoms with Gasteiger partial charge in [-0.2, -0.15) is 0 Å². The van der Waals surface area contributed by atoms with Crippen molar-refractivity contribution in [2.75, 3.05) is 26.2 Å². The first-order valence-electron chi connectivity index (χ1n) is 9.92. The number of rotatable bonds is 8. The van der Waals surface area contributed by atoms with Gasteiger partial charge >= 0.3 is 5.97 Å². The van der Waals surface area contributed by atoms with Gasteiger partial charge in [0.2, 0.25) is 0 Å². The van der Waals surface area contributed by atoms with E-state index >= 15 is 0 Å². The van der Waals surface area contributed by atoms with Crippen LogP contribution in [0.5, 0.6) is 0 Å². The molecule has 0 aromatic heterocycles. The van der Waals surface area contributed by atoms with Crippen molar-refractivity contribution in [2.24, 2.45) is 10.8 Å². The van der Waals surface area contributed by atoms with Crippen LogP contribution in [0.2, 0.25) is 0 Å². The van der Waals surface area contributed by atoms with E-state index in [4.69, 9.17) is 0 Å². The number of benzene rings is 1. The predicted octanol–water partition coefficient (Wildman–Crippen LogP) is 3.07. The highest BCUT2D eigenvalue weighted by Crippen LogP contribution is 2.47. The van der Waals surface area contributed by atoms with Crippen molar-refractivity contribution in [3.63, 3.8) is 0 Å². The SMILES string of the molecule is O=C(O)C1(CN2CCC(CNC3CC3)(Cc3ccc(F)cc3)CC2)CC1. The lowest BCUT2D eigenvalue weighted by atomic mass is 9.73.